The van der Waals surface area contributed by atoms with Gasteiger partial charge in [-0.2, -0.15) is 0 Å². The van der Waals surface area contributed by atoms with Crippen molar-refractivity contribution in [1.82, 2.24) is 29.4 Å². The van der Waals surface area contributed by atoms with E-state index in [0.29, 0.717) is 23.5 Å². The van der Waals surface area contributed by atoms with Gasteiger partial charge in [0.25, 0.3) is 5.56 Å². The molecule has 0 saturated carbocycles. The number of rotatable bonds is 6. The van der Waals surface area contributed by atoms with Crippen molar-refractivity contribution in [2.24, 2.45) is 0 Å². The lowest BCUT2D eigenvalue weighted by Gasteiger charge is -2.09. The normalized spacial score (nSPS) is 11.5. The molecule has 0 saturated heterocycles. The number of benzene rings is 1. The fourth-order valence-electron chi connectivity index (χ4n) is 2.81. The van der Waals surface area contributed by atoms with Crippen molar-refractivity contribution in [1.29, 1.82) is 0 Å². The van der Waals surface area contributed by atoms with Gasteiger partial charge >= 0.3 is 0 Å². The minimum Gasteiger partial charge on any atom is -0.360 e. The molecule has 3 aromatic heterocycles. The van der Waals surface area contributed by atoms with E-state index in [-0.39, 0.29) is 5.56 Å². The molecule has 0 aliphatic heterocycles. The Kier molecular flexibility index (Phi) is 4.60. The smallest absolute Gasteiger partial charge is 0.262 e. The number of para-hydroxylation sites is 1. The van der Waals surface area contributed by atoms with Crippen LogP contribution in [0.3, 0.4) is 0 Å². The molecule has 0 unspecified atom stereocenters. The van der Waals surface area contributed by atoms with Crippen LogP contribution >= 0.6 is 23.1 Å². The monoisotopic (exact) mass is 387 g/mol. The van der Waals surface area contributed by atoms with Crippen molar-refractivity contribution < 1.29 is 0 Å². The topological polar surface area (TPSA) is 90.0 Å². The average Bonchev–Trinajstić information content (AvgIpc) is 3.28. The lowest BCUT2D eigenvalue weighted by molar-refractivity contribution is 0.735. The zero-order valence-corrected chi connectivity index (χ0v) is 16.0. The fourth-order valence-corrected chi connectivity index (χ4v) is 4.54. The molecule has 26 heavy (non-hydrogen) atoms. The first-order chi connectivity index (χ1) is 12.7. The highest BCUT2D eigenvalue weighted by molar-refractivity contribution is 8.00. The molecule has 0 fully saturated rings. The van der Waals surface area contributed by atoms with Crippen LogP contribution in [0.15, 0.2) is 33.4 Å². The second kappa shape index (κ2) is 7.04. The third-order valence-electron chi connectivity index (χ3n) is 3.95. The number of nitrogens with one attached hydrogen (secondary N) is 1. The van der Waals surface area contributed by atoms with Crippen LogP contribution in [0, 0.1) is 0 Å². The van der Waals surface area contributed by atoms with Crippen LogP contribution in [0.5, 0.6) is 0 Å². The van der Waals surface area contributed by atoms with Gasteiger partial charge in [-0.15, -0.1) is 20.4 Å². The first-order valence-corrected chi connectivity index (χ1v) is 10.1. The Hall–Kier alpha value is -2.46. The SMILES string of the molecule is CCNc1nnc(SCc2nnc3n(CC)c(=O)c4ccccc4n23)s1. The molecule has 0 aliphatic carbocycles. The maximum Gasteiger partial charge on any atom is 0.262 e. The Morgan fingerprint density at radius 3 is 2.81 bits per heavy atom. The third-order valence-corrected chi connectivity index (χ3v) is 5.96. The Morgan fingerprint density at radius 1 is 1.15 bits per heavy atom. The van der Waals surface area contributed by atoms with Gasteiger partial charge < -0.3 is 5.32 Å². The summed E-state index contributed by atoms with van der Waals surface area (Å²) in [6, 6.07) is 7.56. The molecule has 1 N–H and O–H groups in total. The summed E-state index contributed by atoms with van der Waals surface area (Å²) in [5, 5.41) is 21.5. The molecule has 3 heterocycles. The average molecular weight is 387 g/mol. The maximum atomic E-state index is 12.7. The predicted molar refractivity (Wildman–Crippen MR) is 104 cm³/mol. The number of nitrogens with zero attached hydrogens (tertiary/aromatic N) is 6. The Bertz CT molecular complexity index is 1130. The standard InChI is InChI=1S/C16H17N7OS2/c1-3-17-14-19-21-16(26-14)25-9-12-18-20-15-22(4-2)13(24)10-7-5-6-8-11(10)23(12)15/h5-8H,3-4,9H2,1-2H3,(H,17,19). The van der Waals surface area contributed by atoms with E-state index in [4.69, 9.17) is 0 Å². The zero-order chi connectivity index (χ0) is 18.1. The van der Waals surface area contributed by atoms with E-state index < -0.39 is 0 Å². The van der Waals surface area contributed by atoms with Gasteiger partial charge in [-0.1, -0.05) is 35.2 Å². The molecule has 0 spiro atoms. The Labute approximate surface area is 157 Å². The van der Waals surface area contributed by atoms with Crippen molar-refractivity contribution in [2.75, 3.05) is 11.9 Å². The minimum absolute atomic E-state index is 0.0402. The molecular weight excluding hydrogens is 370 g/mol. The van der Waals surface area contributed by atoms with Gasteiger partial charge in [0.15, 0.2) is 4.34 Å². The summed E-state index contributed by atoms with van der Waals surface area (Å²) in [4.78, 5) is 12.7. The second-order valence-corrected chi connectivity index (χ2v) is 7.71. The largest absolute Gasteiger partial charge is 0.360 e. The van der Waals surface area contributed by atoms with Crippen molar-refractivity contribution in [3.63, 3.8) is 0 Å². The van der Waals surface area contributed by atoms with Gasteiger partial charge in [-0.3, -0.25) is 13.8 Å². The van der Waals surface area contributed by atoms with Gasteiger partial charge in [0.1, 0.15) is 5.82 Å². The lowest BCUT2D eigenvalue weighted by atomic mass is 10.2. The maximum absolute atomic E-state index is 12.7. The zero-order valence-electron chi connectivity index (χ0n) is 14.3. The van der Waals surface area contributed by atoms with Gasteiger partial charge in [0.05, 0.1) is 16.7 Å². The molecule has 4 aromatic rings. The second-order valence-electron chi connectivity index (χ2n) is 5.51. The molecule has 0 radical (unpaired) electrons. The third kappa shape index (κ3) is 2.84. The molecule has 0 atom stereocenters. The number of hydrogen-bond donors (Lipinski definition) is 1. The van der Waals surface area contributed by atoms with Gasteiger partial charge in [0, 0.05) is 13.1 Å². The van der Waals surface area contributed by atoms with Crippen LogP contribution in [0.2, 0.25) is 0 Å². The number of hydrogen-bond acceptors (Lipinski definition) is 8. The van der Waals surface area contributed by atoms with E-state index in [0.717, 1.165) is 27.4 Å². The van der Waals surface area contributed by atoms with Crippen molar-refractivity contribution in [3.05, 3.63) is 40.4 Å². The van der Waals surface area contributed by atoms with E-state index in [1.54, 1.807) is 16.3 Å². The van der Waals surface area contributed by atoms with Crippen LogP contribution in [-0.4, -0.2) is 35.9 Å². The molecular formula is C16H17N7OS2. The van der Waals surface area contributed by atoms with E-state index in [2.05, 4.69) is 25.7 Å². The number of aryl methyl sites for hydroxylation is 1. The van der Waals surface area contributed by atoms with Gasteiger partial charge in [-0.25, -0.2) is 0 Å². The summed E-state index contributed by atoms with van der Waals surface area (Å²) in [6.45, 7) is 5.31. The highest BCUT2D eigenvalue weighted by Crippen LogP contribution is 2.28. The molecule has 8 nitrogen and oxygen atoms in total. The number of fused-ring (bicyclic) bond motifs is 3. The van der Waals surface area contributed by atoms with Crippen molar-refractivity contribution in [3.8, 4) is 0 Å². The molecule has 1 aromatic carbocycles. The van der Waals surface area contributed by atoms with E-state index in [1.165, 1.54) is 11.3 Å². The quantitative estimate of drug-likeness (QED) is 0.509. The van der Waals surface area contributed by atoms with E-state index in [9.17, 15) is 4.79 Å². The van der Waals surface area contributed by atoms with Crippen LogP contribution in [0.4, 0.5) is 5.13 Å². The van der Waals surface area contributed by atoms with Gasteiger partial charge in [-0.05, 0) is 26.0 Å². The number of thioether (sulfide) groups is 1. The van der Waals surface area contributed by atoms with E-state index >= 15 is 0 Å². The molecule has 0 bridgehead atoms. The van der Waals surface area contributed by atoms with Gasteiger partial charge in [0.2, 0.25) is 10.9 Å². The highest BCUT2D eigenvalue weighted by Gasteiger charge is 2.16. The molecule has 4 rings (SSSR count). The molecule has 0 amide bonds. The first-order valence-electron chi connectivity index (χ1n) is 8.28. The number of aromatic nitrogens is 6. The molecule has 134 valence electrons. The Morgan fingerprint density at radius 2 is 2.00 bits per heavy atom. The minimum atomic E-state index is -0.0402. The first kappa shape index (κ1) is 17.0. The van der Waals surface area contributed by atoms with Crippen molar-refractivity contribution in [2.45, 2.75) is 30.5 Å². The molecule has 10 heteroatoms. The lowest BCUT2D eigenvalue weighted by Crippen LogP contribution is -2.22. The summed E-state index contributed by atoms with van der Waals surface area (Å²) in [6.07, 6.45) is 0. The van der Waals surface area contributed by atoms with Crippen LogP contribution in [0.25, 0.3) is 16.7 Å². The van der Waals surface area contributed by atoms with E-state index in [1.807, 2.05) is 42.5 Å². The Balaban J connectivity index is 1.76. The van der Waals surface area contributed by atoms with Crippen molar-refractivity contribution >= 4 is 44.9 Å². The number of anilines is 1. The molecule has 0 aliphatic rings. The van der Waals surface area contributed by atoms with Crippen LogP contribution < -0.4 is 10.9 Å². The summed E-state index contributed by atoms with van der Waals surface area (Å²) >= 11 is 3.08. The van der Waals surface area contributed by atoms with Crippen LogP contribution in [0.1, 0.15) is 19.7 Å². The predicted octanol–water partition coefficient (Wildman–Crippen LogP) is 2.64. The summed E-state index contributed by atoms with van der Waals surface area (Å²) in [5.74, 6) is 1.94. The van der Waals surface area contributed by atoms with Crippen LogP contribution in [-0.2, 0) is 12.3 Å². The summed E-state index contributed by atoms with van der Waals surface area (Å²) in [5.41, 5.74) is 0.782. The highest BCUT2D eigenvalue weighted by atomic mass is 32.2. The summed E-state index contributed by atoms with van der Waals surface area (Å²) < 4.78 is 4.47. The summed E-state index contributed by atoms with van der Waals surface area (Å²) in [7, 11) is 0. The fraction of sp³-hybridized carbons (Fsp3) is 0.312.